The standard InChI is InChI=1S/C19H11ClN2O3/c20-13-7-5-11(6-8-13)15-9-16(23)22-18(17(15)19(24)25)14-4-2-1-3-12(14)10-21-22/h1-10H,(H,24,25). The number of carboxylic acids is 1. The molecule has 0 aliphatic rings. The third-order valence-corrected chi connectivity index (χ3v) is 4.34. The van der Waals surface area contributed by atoms with E-state index in [-0.39, 0.29) is 11.1 Å². The van der Waals surface area contributed by atoms with Crippen molar-refractivity contribution in [3.8, 4) is 11.1 Å². The molecule has 0 spiro atoms. The minimum Gasteiger partial charge on any atom is -0.478 e. The van der Waals surface area contributed by atoms with Gasteiger partial charge in [0.1, 0.15) is 0 Å². The Morgan fingerprint density at radius 1 is 1.08 bits per heavy atom. The van der Waals surface area contributed by atoms with Crippen LogP contribution in [0.3, 0.4) is 0 Å². The van der Waals surface area contributed by atoms with Gasteiger partial charge in [-0.05, 0) is 17.7 Å². The summed E-state index contributed by atoms with van der Waals surface area (Å²) in [6.45, 7) is 0. The zero-order valence-corrected chi connectivity index (χ0v) is 13.6. The van der Waals surface area contributed by atoms with Gasteiger partial charge in [0.15, 0.2) is 0 Å². The molecule has 0 saturated carbocycles. The molecule has 0 fully saturated rings. The second-order valence-electron chi connectivity index (χ2n) is 5.58. The largest absolute Gasteiger partial charge is 0.478 e. The molecule has 6 heteroatoms. The van der Waals surface area contributed by atoms with Crippen molar-refractivity contribution in [3.05, 3.63) is 81.7 Å². The summed E-state index contributed by atoms with van der Waals surface area (Å²) in [5, 5.41) is 15.9. The lowest BCUT2D eigenvalue weighted by atomic mass is 9.98. The van der Waals surface area contributed by atoms with Gasteiger partial charge in [0.05, 0.1) is 17.3 Å². The number of nitrogens with zero attached hydrogens (tertiary/aromatic N) is 2. The van der Waals surface area contributed by atoms with Gasteiger partial charge < -0.3 is 5.11 Å². The van der Waals surface area contributed by atoms with E-state index in [1.165, 1.54) is 6.07 Å². The number of hydrogen-bond acceptors (Lipinski definition) is 3. The van der Waals surface area contributed by atoms with Crippen LogP contribution in [0.25, 0.3) is 27.4 Å². The van der Waals surface area contributed by atoms with Crippen LogP contribution >= 0.6 is 11.6 Å². The Balaban J connectivity index is 2.23. The van der Waals surface area contributed by atoms with Gasteiger partial charge in [-0.15, -0.1) is 0 Å². The van der Waals surface area contributed by atoms with Crippen LogP contribution < -0.4 is 5.56 Å². The normalized spacial score (nSPS) is 11.1. The van der Waals surface area contributed by atoms with Crippen LogP contribution in [-0.2, 0) is 0 Å². The van der Waals surface area contributed by atoms with E-state index in [2.05, 4.69) is 5.10 Å². The maximum atomic E-state index is 12.5. The second kappa shape index (κ2) is 5.72. The van der Waals surface area contributed by atoms with E-state index >= 15 is 0 Å². The van der Waals surface area contributed by atoms with Crippen molar-refractivity contribution < 1.29 is 9.90 Å². The summed E-state index contributed by atoms with van der Waals surface area (Å²) in [5.41, 5.74) is 0.867. The number of aromatic nitrogens is 2. The molecule has 25 heavy (non-hydrogen) atoms. The van der Waals surface area contributed by atoms with Crippen LogP contribution in [-0.4, -0.2) is 20.7 Å². The third kappa shape index (κ3) is 2.45. The zero-order chi connectivity index (χ0) is 17.6. The smallest absolute Gasteiger partial charge is 0.338 e. The molecule has 2 aromatic carbocycles. The average Bonchev–Trinajstić information content (AvgIpc) is 2.61. The van der Waals surface area contributed by atoms with E-state index in [1.807, 2.05) is 12.1 Å². The summed E-state index contributed by atoms with van der Waals surface area (Å²) < 4.78 is 1.13. The van der Waals surface area contributed by atoms with E-state index in [0.717, 1.165) is 9.90 Å². The third-order valence-electron chi connectivity index (χ3n) is 4.09. The number of halogens is 1. The fraction of sp³-hybridized carbons (Fsp3) is 0. The molecular formula is C19H11ClN2O3. The molecule has 0 amide bonds. The van der Waals surface area contributed by atoms with Crippen molar-refractivity contribution in [1.29, 1.82) is 0 Å². The molecule has 0 atom stereocenters. The van der Waals surface area contributed by atoms with E-state index in [1.54, 1.807) is 42.6 Å². The molecule has 0 bridgehead atoms. The maximum absolute atomic E-state index is 12.5. The second-order valence-corrected chi connectivity index (χ2v) is 6.01. The average molecular weight is 351 g/mol. The molecule has 1 N–H and O–H groups in total. The van der Waals surface area contributed by atoms with Crippen LogP contribution in [0.5, 0.6) is 0 Å². The number of benzene rings is 2. The molecule has 5 nitrogen and oxygen atoms in total. The molecular weight excluding hydrogens is 340 g/mol. The van der Waals surface area contributed by atoms with Crippen LogP contribution in [0.2, 0.25) is 5.02 Å². The number of fused-ring (bicyclic) bond motifs is 3. The van der Waals surface area contributed by atoms with Crippen molar-refractivity contribution in [2.75, 3.05) is 0 Å². The first kappa shape index (κ1) is 15.4. The van der Waals surface area contributed by atoms with E-state index in [9.17, 15) is 14.7 Å². The molecule has 0 aliphatic heterocycles. The Bertz CT molecular complexity index is 1200. The van der Waals surface area contributed by atoms with E-state index in [4.69, 9.17) is 11.6 Å². The Labute approximate surface area is 146 Å². The Kier molecular flexibility index (Phi) is 3.51. The van der Waals surface area contributed by atoms with Gasteiger partial charge in [-0.2, -0.15) is 9.61 Å². The molecule has 4 aromatic rings. The number of pyridine rings is 1. The van der Waals surface area contributed by atoms with Crippen LogP contribution in [0.1, 0.15) is 10.4 Å². The minimum atomic E-state index is -1.12. The molecule has 4 rings (SSSR count). The minimum absolute atomic E-state index is 0.0335. The zero-order valence-electron chi connectivity index (χ0n) is 12.8. The lowest BCUT2D eigenvalue weighted by Gasteiger charge is -2.12. The van der Waals surface area contributed by atoms with Gasteiger partial charge in [0, 0.05) is 27.4 Å². The molecule has 0 unspecified atom stereocenters. The summed E-state index contributed by atoms with van der Waals surface area (Å²) in [4.78, 5) is 24.6. The predicted octanol–water partition coefficient (Wildman–Crippen LogP) is 3.87. The van der Waals surface area contributed by atoms with Crippen molar-refractivity contribution in [1.82, 2.24) is 9.61 Å². The topological polar surface area (TPSA) is 71.7 Å². The van der Waals surface area contributed by atoms with Gasteiger partial charge in [-0.3, -0.25) is 4.79 Å². The highest BCUT2D eigenvalue weighted by atomic mass is 35.5. The number of hydrogen-bond donors (Lipinski definition) is 1. The lowest BCUT2D eigenvalue weighted by Crippen LogP contribution is -2.19. The maximum Gasteiger partial charge on any atom is 0.338 e. The first-order chi connectivity index (χ1) is 12.1. The number of aromatic carboxylic acids is 1. The monoisotopic (exact) mass is 350 g/mol. The summed E-state index contributed by atoms with van der Waals surface area (Å²) >= 11 is 5.91. The van der Waals surface area contributed by atoms with Gasteiger partial charge in [0.25, 0.3) is 5.56 Å². The Morgan fingerprint density at radius 2 is 1.80 bits per heavy atom. The lowest BCUT2D eigenvalue weighted by molar-refractivity contribution is 0.0699. The summed E-state index contributed by atoms with van der Waals surface area (Å²) in [6.07, 6.45) is 1.55. The summed E-state index contributed by atoms with van der Waals surface area (Å²) in [6, 6.07) is 15.2. The van der Waals surface area contributed by atoms with E-state index < -0.39 is 11.5 Å². The first-order valence-electron chi connectivity index (χ1n) is 7.49. The SMILES string of the molecule is O=C(O)c1c(-c2ccc(Cl)cc2)cc(=O)n2ncc3ccccc3c12. The molecule has 0 radical (unpaired) electrons. The number of rotatable bonds is 2. The van der Waals surface area contributed by atoms with Crippen molar-refractivity contribution in [3.63, 3.8) is 0 Å². The molecule has 2 aromatic heterocycles. The highest BCUT2D eigenvalue weighted by molar-refractivity contribution is 6.30. The van der Waals surface area contributed by atoms with Crippen LogP contribution in [0.15, 0.2) is 65.6 Å². The Hall–Kier alpha value is -3.18. The van der Waals surface area contributed by atoms with Crippen LogP contribution in [0, 0.1) is 0 Å². The number of carbonyl (C=O) groups is 1. The molecule has 0 aliphatic carbocycles. The van der Waals surface area contributed by atoms with Crippen LogP contribution in [0.4, 0.5) is 0 Å². The van der Waals surface area contributed by atoms with Gasteiger partial charge in [0.2, 0.25) is 0 Å². The predicted molar refractivity (Wildman–Crippen MR) is 96.4 cm³/mol. The number of carboxylic acid groups (broad SMARTS) is 1. The molecule has 0 saturated heterocycles. The fourth-order valence-corrected chi connectivity index (χ4v) is 3.11. The highest BCUT2D eigenvalue weighted by Gasteiger charge is 2.20. The summed E-state index contributed by atoms with van der Waals surface area (Å²) in [5.74, 6) is -1.12. The Morgan fingerprint density at radius 3 is 2.52 bits per heavy atom. The van der Waals surface area contributed by atoms with Crippen molar-refractivity contribution >= 4 is 33.9 Å². The first-order valence-corrected chi connectivity index (χ1v) is 7.87. The quantitative estimate of drug-likeness (QED) is 0.557. The van der Waals surface area contributed by atoms with Gasteiger partial charge in [-0.1, -0.05) is 48.0 Å². The fourth-order valence-electron chi connectivity index (χ4n) is 2.98. The van der Waals surface area contributed by atoms with Gasteiger partial charge in [-0.25, -0.2) is 4.79 Å². The van der Waals surface area contributed by atoms with E-state index in [0.29, 0.717) is 21.5 Å². The molecule has 122 valence electrons. The highest BCUT2D eigenvalue weighted by Crippen LogP contribution is 2.30. The van der Waals surface area contributed by atoms with Gasteiger partial charge >= 0.3 is 5.97 Å². The molecule has 2 heterocycles. The van der Waals surface area contributed by atoms with Crippen molar-refractivity contribution in [2.45, 2.75) is 0 Å². The van der Waals surface area contributed by atoms with Crippen molar-refractivity contribution in [2.24, 2.45) is 0 Å². The summed E-state index contributed by atoms with van der Waals surface area (Å²) in [7, 11) is 0.